The van der Waals surface area contributed by atoms with Crippen LogP contribution in [0.1, 0.15) is 52.9 Å². The van der Waals surface area contributed by atoms with Gasteiger partial charge in [-0.15, -0.1) is 0 Å². The van der Waals surface area contributed by atoms with Crippen LogP contribution in [0.3, 0.4) is 0 Å². The van der Waals surface area contributed by atoms with Gasteiger partial charge in [0.1, 0.15) is 0 Å². The second kappa shape index (κ2) is 6.91. The minimum Gasteiger partial charge on any atom is -0.316 e. The van der Waals surface area contributed by atoms with Gasteiger partial charge in [-0.05, 0) is 70.5 Å². The van der Waals surface area contributed by atoms with E-state index in [1.807, 2.05) is 0 Å². The smallest absolute Gasteiger partial charge is 0.00387 e. The summed E-state index contributed by atoms with van der Waals surface area (Å²) in [5.41, 5.74) is 0. The normalized spacial score (nSPS) is 34.3. The highest BCUT2D eigenvalue weighted by atomic mass is 15.2. The van der Waals surface area contributed by atoms with Crippen LogP contribution in [0.25, 0.3) is 0 Å². The maximum atomic E-state index is 3.75. The van der Waals surface area contributed by atoms with E-state index in [1.54, 1.807) is 0 Å². The molecule has 0 radical (unpaired) electrons. The molecule has 2 aliphatic rings. The molecular formula is C16H32N2. The molecule has 1 saturated carbocycles. The van der Waals surface area contributed by atoms with E-state index >= 15 is 0 Å². The van der Waals surface area contributed by atoms with Crippen molar-refractivity contribution >= 4 is 0 Å². The van der Waals surface area contributed by atoms with Gasteiger partial charge in [0.15, 0.2) is 0 Å². The lowest BCUT2D eigenvalue weighted by atomic mass is 9.82. The zero-order valence-electron chi connectivity index (χ0n) is 12.6. The van der Waals surface area contributed by atoms with Crippen molar-refractivity contribution in [2.75, 3.05) is 26.2 Å². The molecule has 2 heteroatoms. The number of hydrogen-bond acceptors (Lipinski definition) is 2. The van der Waals surface area contributed by atoms with Gasteiger partial charge in [-0.25, -0.2) is 0 Å². The van der Waals surface area contributed by atoms with Crippen molar-refractivity contribution in [2.45, 2.75) is 58.9 Å². The molecule has 0 aromatic rings. The lowest BCUT2D eigenvalue weighted by Gasteiger charge is -2.27. The second-order valence-corrected chi connectivity index (χ2v) is 7.04. The molecule has 1 saturated heterocycles. The van der Waals surface area contributed by atoms with Crippen LogP contribution >= 0.6 is 0 Å². The van der Waals surface area contributed by atoms with Crippen LogP contribution in [-0.4, -0.2) is 37.1 Å². The number of rotatable bonds is 5. The van der Waals surface area contributed by atoms with Gasteiger partial charge >= 0.3 is 0 Å². The molecule has 3 atom stereocenters. The fourth-order valence-electron chi connectivity index (χ4n) is 3.73. The van der Waals surface area contributed by atoms with Crippen LogP contribution in [0.15, 0.2) is 0 Å². The van der Waals surface area contributed by atoms with Crippen molar-refractivity contribution in [3.63, 3.8) is 0 Å². The van der Waals surface area contributed by atoms with Gasteiger partial charge in [-0.2, -0.15) is 0 Å². The van der Waals surface area contributed by atoms with E-state index in [0.717, 1.165) is 23.8 Å². The average molecular weight is 252 g/mol. The fourth-order valence-corrected chi connectivity index (χ4v) is 3.73. The van der Waals surface area contributed by atoms with Crippen molar-refractivity contribution in [3.05, 3.63) is 0 Å². The largest absolute Gasteiger partial charge is 0.316 e. The van der Waals surface area contributed by atoms with E-state index in [4.69, 9.17) is 0 Å². The van der Waals surface area contributed by atoms with E-state index in [2.05, 4.69) is 31.0 Å². The van der Waals surface area contributed by atoms with Gasteiger partial charge in [-0.1, -0.05) is 19.8 Å². The Balaban J connectivity index is 1.58. The van der Waals surface area contributed by atoms with E-state index in [9.17, 15) is 0 Å². The third-order valence-electron chi connectivity index (χ3n) is 4.96. The van der Waals surface area contributed by atoms with E-state index in [0.29, 0.717) is 0 Å². The quantitative estimate of drug-likeness (QED) is 0.809. The Morgan fingerprint density at radius 2 is 1.89 bits per heavy atom. The molecule has 0 aromatic heterocycles. The van der Waals surface area contributed by atoms with Crippen LogP contribution in [0.2, 0.25) is 0 Å². The highest BCUT2D eigenvalue weighted by Gasteiger charge is 2.24. The summed E-state index contributed by atoms with van der Waals surface area (Å²) in [5, 5.41) is 3.75. The van der Waals surface area contributed by atoms with Crippen molar-refractivity contribution in [1.82, 2.24) is 10.2 Å². The molecule has 18 heavy (non-hydrogen) atoms. The van der Waals surface area contributed by atoms with Gasteiger partial charge in [0.05, 0.1) is 0 Å². The molecule has 1 aliphatic heterocycles. The first-order chi connectivity index (χ1) is 8.65. The van der Waals surface area contributed by atoms with Gasteiger partial charge in [0, 0.05) is 12.6 Å². The molecule has 2 rings (SSSR count). The van der Waals surface area contributed by atoms with Gasteiger partial charge < -0.3 is 10.2 Å². The molecule has 0 bridgehead atoms. The first-order valence-electron chi connectivity index (χ1n) is 8.10. The molecule has 0 amide bonds. The minimum absolute atomic E-state index is 0.731. The first kappa shape index (κ1) is 14.3. The first-order valence-corrected chi connectivity index (χ1v) is 8.10. The van der Waals surface area contributed by atoms with Gasteiger partial charge in [0.25, 0.3) is 0 Å². The maximum absolute atomic E-state index is 3.75. The summed E-state index contributed by atoms with van der Waals surface area (Å²) in [4.78, 5) is 2.62. The molecule has 3 unspecified atom stereocenters. The van der Waals surface area contributed by atoms with Gasteiger partial charge in [-0.3, -0.25) is 0 Å². The van der Waals surface area contributed by atoms with Crippen LogP contribution < -0.4 is 5.32 Å². The zero-order chi connectivity index (χ0) is 13.0. The van der Waals surface area contributed by atoms with E-state index in [-0.39, 0.29) is 0 Å². The van der Waals surface area contributed by atoms with Crippen LogP contribution in [0.5, 0.6) is 0 Å². The fraction of sp³-hybridized carbons (Fsp3) is 1.00. The highest BCUT2D eigenvalue weighted by molar-refractivity contribution is 4.80. The molecule has 1 N–H and O–H groups in total. The lowest BCUT2D eigenvalue weighted by molar-refractivity contribution is 0.255. The molecule has 1 heterocycles. The zero-order valence-corrected chi connectivity index (χ0v) is 12.6. The third kappa shape index (κ3) is 4.24. The van der Waals surface area contributed by atoms with Gasteiger partial charge in [0.2, 0.25) is 0 Å². The molecule has 2 fully saturated rings. The number of hydrogen-bond donors (Lipinski definition) is 1. The summed E-state index contributed by atoms with van der Waals surface area (Å²) in [7, 11) is 0. The number of nitrogens with one attached hydrogen (secondary N) is 1. The summed E-state index contributed by atoms with van der Waals surface area (Å²) in [6, 6.07) is 0.731. The van der Waals surface area contributed by atoms with Crippen molar-refractivity contribution < 1.29 is 0 Å². The Labute approximate surface area is 114 Å². The maximum Gasteiger partial charge on any atom is 0.00387 e. The summed E-state index contributed by atoms with van der Waals surface area (Å²) >= 11 is 0. The Bertz CT molecular complexity index is 239. The standard InChI is InChI=1S/C16H32N2/c1-13(2)18-8-7-16(12-18)11-17-10-15-6-4-5-14(3)9-15/h13-17H,4-12H2,1-3H3. The number of nitrogens with zero attached hydrogens (tertiary/aromatic N) is 1. The summed E-state index contributed by atoms with van der Waals surface area (Å²) in [6.45, 7) is 12.2. The highest BCUT2D eigenvalue weighted by Crippen LogP contribution is 2.28. The Morgan fingerprint density at radius 1 is 1.11 bits per heavy atom. The monoisotopic (exact) mass is 252 g/mol. The Kier molecular flexibility index (Phi) is 5.50. The summed E-state index contributed by atoms with van der Waals surface area (Å²) in [5.74, 6) is 2.82. The SMILES string of the molecule is CC1CCCC(CNCC2CCN(C(C)C)C2)C1. The van der Waals surface area contributed by atoms with Crippen LogP contribution in [0.4, 0.5) is 0 Å². The summed E-state index contributed by atoms with van der Waals surface area (Å²) < 4.78 is 0. The van der Waals surface area contributed by atoms with E-state index in [1.165, 1.54) is 58.3 Å². The molecule has 2 nitrogen and oxygen atoms in total. The molecule has 0 spiro atoms. The molecular weight excluding hydrogens is 220 g/mol. The van der Waals surface area contributed by atoms with E-state index < -0.39 is 0 Å². The Morgan fingerprint density at radius 3 is 2.56 bits per heavy atom. The molecule has 106 valence electrons. The lowest BCUT2D eigenvalue weighted by Crippen LogP contribution is -2.33. The minimum atomic E-state index is 0.731. The van der Waals surface area contributed by atoms with Crippen molar-refractivity contribution in [3.8, 4) is 0 Å². The predicted octanol–water partition coefficient (Wildman–Crippen LogP) is 3.13. The van der Waals surface area contributed by atoms with Crippen molar-refractivity contribution in [1.29, 1.82) is 0 Å². The van der Waals surface area contributed by atoms with Crippen LogP contribution in [0, 0.1) is 17.8 Å². The average Bonchev–Trinajstić information content (AvgIpc) is 2.78. The topological polar surface area (TPSA) is 15.3 Å². The molecule has 0 aromatic carbocycles. The number of likely N-dealkylation sites (tertiary alicyclic amines) is 1. The summed E-state index contributed by atoms with van der Waals surface area (Å²) in [6.07, 6.45) is 7.22. The molecule has 1 aliphatic carbocycles. The third-order valence-corrected chi connectivity index (χ3v) is 4.96. The van der Waals surface area contributed by atoms with Crippen LogP contribution in [-0.2, 0) is 0 Å². The Hall–Kier alpha value is -0.0800. The predicted molar refractivity (Wildman–Crippen MR) is 78.8 cm³/mol. The second-order valence-electron chi connectivity index (χ2n) is 7.04. The van der Waals surface area contributed by atoms with Crippen molar-refractivity contribution in [2.24, 2.45) is 17.8 Å².